The third-order valence-corrected chi connectivity index (χ3v) is 11.3. The fourth-order valence-electron chi connectivity index (χ4n) is 5.05. The molecule has 0 N–H and O–H groups in total. The zero-order chi connectivity index (χ0) is 32.5. The van der Waals surface area contributed by atoms with Gasteiger partial charge in [0.1, 0.15) is 9.75 Å². The minimum atomic E-state index is -0.306. The van der Waals surface area contributed by atoms with Crippen LogP contribution in [0.4, 0.5) is 0 Å². The van der Waals surface area contributed by atoms with E-state index < -0.39 is 0 Å². The molecule has 0 atom stereocenters. The Morgan fingerprint density at radius 3 is 1.20 bits per heavy atom. The van der Waals surface area contributed by atoms with Gasteiger partial charge in [0.2, 0.25) is 0 Å². The highest BCUT2D eigenvalue weighted by Crippen LogP contribution is 2.45. The number of carbonyl (C=O) groups excluding carboxylic acids is 2. The Kier molecular flexibility index (Phi) is 9.54. The molecule has 7 heteroatoms. The molecule has 0 aliphatic rings. The predicted molar refractivity (Wildman–Crippen MR) is 191 cm³/mol. The van der Waals surface area contributed by atoms with Gasteiger partial charge in [0.25, 0.3) is 0 Å². The third kappa shape index (κ3) is 7.16. The van der Waals surface area contributed by atoms with Gasteiger partial charge in [-0.2, -0.15) is 0 Å². The van der Waals surface area contributed by atoms with Crippen molar-refractivity contribution in [2.24, 2.45) is 0 Å². The molecule has 234 valence electrons. The molecule has 0 radical (unpaired) electrons. The van der Waals surface area contributed by atoms with Crippen LogP contribution in [0.25, 0.3) is 41.8 Å². The molecule has 0 fully saturated rings. The van der Waals surface area contributed by atoms with Gasteiger partial charge >= 0.3 is 11.9 Å². The summed E-state index contributed by atoms with van der Waals surface area (Å²) in [6.45, 7) is 17.4. The molecule has 0 spiro atoms. The Labute approximate surface area is 278 Å². The molecular formula is C38H40O4S3. The first-order chi connectivity index (χ1) is 21.3. The lowest BCUT2D eigenvalue weighted by Gasteiger charge is -2.19. The van der Waals surface area contributed by atoms with Crippen LogP contribution in [0, 0.1) is 0 Å². The summed E-state index contributed by atoms with van der Waals surface area (Å²) < 4.78 is 10.9. The number of ether oxygens (including phenoxy) is 2. The number of esters is 2. The second-order valence-corrected chi connectivity index (χ2v) is 16.2. The monoisotopic (exact) mass is 656 g/mol. The first kappa shape index (κ1) is 32.9. The van der Waals surface area contributed by atoms with E-state index in [2.05, 4.69) is 114 Å². The van der Waals surface area contributed by atoms with Crippen molar-refractivity contribution in [2.75, 3.05) is 13.2 Å². The molecule has 45 heavy (non-hydrogen) atoms. The molecule has 5 aromatic rings. The van der Waals surface area contributed by atoms with E-state index in [0.29, 0.717) is 23.0 Å². The molecule has 0 aliphatic carbocycles. The zero-order valence-corrected chi connectivity index (χ0v) is 29.6. The van der Waals surface area contributed by atoms with Crippen molar-refractivity contribution >= 4 is 45.9 Å². The van der Waals surface area contributed by atoms with Crippen molar-refractivity contribution in [1.29, 1.82) is 0 Å². The quantitative estimate of drug-likeness (QED) is 0.156. The van der Waals surface area contributed by atoms with E-state index in [4.69, 9.17) is 9.47 Å². The summed E-state index contributed by atoms with van der Waals surface area (Å²) in [4.78, 5) is 31.4. The van der Waals surface area contributed by atoms with E-state index in [-0.39, 0.29) is 22.8 Å². The number of carbonyl (C=O) groups is 2. The maximum atomic E-state index is 13.1. The number of hydrogen-bond acceptors (Lipinski definition) is 7. The second-order valence-electron chi connectivity index (χ2n) is 13.0. The summed E-state index contributed by atoms with van der Waals surface area (Å²) in [6, 6.07) is 25.3. The Morgan fingerprint density at radius 1 is 0.533 bits per heavy atom. The fraction of sp³-hybridized carbons (Fsp3) is 0.316. The van der Waals surface area contributed by atoms with Gasteiger partial charge in [-0.3, -0.25) is 0 Å². The first-order valence-electron chi connectivity index (χ1n) is 15.2. The molecule has 0 saturated carbocycles. The minimum Gasteiger partial charge on any atom is -0.462 e. The van der Waals surface area contributed by atoms with Gasteiger partial charge < -0.3 is 9.47 Å². The summed E-state index contributed by atoms with van der Waals surface area (Å²) in [7, 11) is 0. The van der Waals surface area contributed by atoms with Gasteiger partial charge in [0, 0.05) is 30.6 Å². The van der Waals surface area contributed by atoms with E-state index in [9.17, 15) is 9.59 Å². The second kappa shape index (κ2) is 13.1. The van der Waals surface area contributed by atoms with Crippen molar-refractivity contribution in [1.82, 2.24) is 0 Å². The van der Waals surface area contributed by atoms with Crippen LogP contribution in [0.15, 0.2) is 72.8 Å². The first-order valence-corrected chi connectivity index (χ1v) is 17.7. The Bertz CT molecular complexity index is 1670. The van der Waals surface area contributed by atoms with Crippen LogP contribution in [0.1, 0.15) is 85.9 Å². The zero-order valence-electron chi connectivity index (χ0n) is 27.2. The Balaban J connectivity index is 1.52. The van der Waals surface area contributed by atoms with Crippen molar-refractivity contribution in [2.45, 2.75) is 66.2 Å². The summed E-state index contributed by atoms with van der Waals surface area (Å²) in [5.74, 6) is -0.611. The van der Waals surface area contributed by atoms with E-state index in [1.807, 2.05) is 13.8 Å². The van der Waals surface area contributed by atoms with E-state index >= 15 is 0 Å². The third-order valence-electron chi connectivity index (χ3n) is 7.60. The standard InChI is InChI=1S/C38H40O4S3/c1-9-41-35(39)33-27(23-11-15-25(16-12-23)37(3,4)5)21-31(44-33)29-19-20-30(43-29)32-22-28(34(45-32)36(40)42-10-2)24-13-17-26(18-14-24)38(6,7)8/h11-22H,9-10H2,1-8H3. The minimum absolute atomic E-state index is 0.0420. The van der Waals surface area contributed by atoms with E-state index in [1.165, 1.54) is 33.8 Å². The number of thiophene rings is 3. The van der Waals surface area contributed by atoms with Crippen LogP contribution < -0.4 is 0 Å². The van der Waals surface area contributed by atoms with Crippen molar-refractivity contribution in [3.05, 3.63) is 93.7 Å². The lowest BCUT2D eigenvalue weighted by molar-refractivity contribution is 0.0523. The van der Waals surface area contributed by atoms with Gasteiger partial charge in [-0.1, -0.05) is 90.1 Å². The van der Waals surface area contributed by atoms with Crippen LogP contribution in [-0.2, 0) is 20.3 Å². The molecular weight excluding hydrogens is 617 g/mol. The summed E-state index contributed by atoms with van der Waals surface area (Å²) in [5, 5.41) is 0. The summed E-state index contributed by atoms with van der Waals surface area (Å²) in [5.41, 5.74) is 6.31. The molecule has 3 aromatic heterocycles. The number of hydrogen-bond donors (Lipinski definition) is 0. The normalized spacial score (nSPS) is 11.9. The van der Waals surface area contributed by atoms with Gasteiger partial charge in [0.15, 0.2) is 0 Å². The van der Waals surface area contributed by atoms with Crippen LogP contribution in [0.2, 0.25) is 0 Å². The average molecular weight is 657 g/mol. The Hall–Kier alpha value is -3.52. The average Bonchev–Trinajstić information content (AvgIpc) is 3.75. The molecule has 0 unspecified atom stereocenters. The van der Waals surface area contributed by atoms with Crippen LogP contribution in [0.3, 0.4) is 0 Å². The van der Waals surface area contributed by atoms with Crippen molar-refractivity contribution in [3.8, 4) is 41.8 Å². The Morgan fingerprint density at radius 2 is 0.889 bits per heavy atom. The van der Waals surface area contributed by atoms with Crippen molar-refractivity contribution in [3.63, 3.8) is 0 Å². The van der Waals surface area contributed by atoms with Gasteiger partial charge in [-0.05, 0) is 71.2 Å². The van der Waals surface area contributed by atoms with Gasteiger partial charge in [0.05, 0.1) is 13.2 Å². The highest BCUT2D eigenvalue weighted by Gasteiger charge is 2.24. The van der Waals surface area contributed by atoms with E-state index in [0.717, 1.165) is 41.8 Å². The predicted octanol–water partition coefficient (Wildman–Crippen LogP) is 11.5. The molecule has 5 rings (SSSR count). The largest absolute Gasteiger partial charge is 0.462 e. The fourth-order valence-corrected chi connectivity index (χ4v) is 8.37. The molecule has 0 aliphatic heterocycles. The summed E-state index contributed by atoms with van der Waals surface area (Å²) in [6.07, 6.45) is 0. The maximum Gasteiger partial charge on any atom is 0.348 e. The maximum absolute atomic E-state index is 13.1. The number of rotatable bonds is 8. The van der Waals surface area contributed by atoms with E-state index in [1.54, 1.807) is 11.3 Å². The smallest absolute Gasteiger partial charge is 0.348 e. The number of benzene rings is 2. The lowest BCUT2D eigenvalue weighted by atomic mass is 9.86. The molecule has 0 saturated heterocycles. The topological polar surface area (TPSA) is 52.6 Å². The molecule has 2 aromatic carbocycles. The summed E-state index contributed by atoms with van der Waals surface area (Å²) >= 11 is 4.57. The SMILES string of the molecule is CCOC(=O)c1sc(-c2ccc(-c3cc(-c4ccc(C(C)(C)C)cc4)c(C(=O)OCC)s3)s2)cc1-c1ccc(C(C)(C)C)cc1. The van der Waals surface area contributed by atoms with Gasteiger partial charge in [-0.15, -0.1) is 34.0 Å². The van der Waals surface area contributed by atoms with Crippen LogP contribution in [-0.4, -0.2) is 25.2 Å². The molecule has 3 heterocycles. The van der Waals surface area contributed by atoms with Crippen LogP contribution >= 0.6 is 34.0 Å². The molecule has 0 amide bonds. The lowest BCUT2D eigenvalue weighted by Crippen LogP contribution is -2.10. The van der Waals surface area contributed by atoms with Gasteiger partial charge in [-0.25, -0.2) is 9.59 Å². The molecule has 0 bridgehead atoms. The highest BCUT2D eigenvalue weighted by molar-refractivity contribution is 7.27. The van der Waals surface area contributed by atoms with Crippen molar-refractivity contribution < 1.29 is 19.1 Å². The van der Waals surface area contributed by atoms with Crippen LogP contribution in [0.5, 0.6) is 0 Å². The molecule has 4 nitrogen and oxygen atoms in total. The highest BCUT2D eigenvalue weighted by atomic mass is 32.1.